The van der Waals surface area contributed by atoms with Gasteiger partial charge in [0, 0.05) is 31.0 Å². The molecule has 0 spiro atoms. The molecular formula is C21H23N3O3S. The molecule has 1 unspecified atom stereocenters. The second kappa shape index (κ2) is 8.06. The first-order valence-electron chi connectivity index (χ1n) is 9.48. The number of nitrogens with one attached hydrogen (secondary N) is 2. The molecule has 3 aromatic rings. The topological polar surface area (TPSA) is 72.5 Å². The van der Waals surface area contributed by atoms with E-state index in [1.807, 2.05) is 44.2 Å². The molecule has 1 aliphatic heterocycles. The van der Waals surface area contributed by atoms with E-state index in [2.05, 4.69) is 21.7 Å². The molecule has 0 radical (unpaired) electrons. The summed E-state index contributed by atoms with van der Waals surface area (Å²) in [6.45, 7) is 4.99. The number of aromatic nitrogens is 1. The normalized spacial score (nSPS) is 15.1. The molecule has 6 nitrogen and oxygen atoms in total. The van der Waals surface area contributed by atoms with E-state index < -0.39 is 0 Å². The molecule has 7 heteroatoms. The predicted molar refractivity (Wildman–Crippen MR) is 112 cm³/mol. The molecule has 2 heterocycles. The lowest BCUT2D eigenvalue weighted by Gasteiger charge is -2.14. The van der Waals surface area contributed by atoms with Crippen LogP contribution in [-0.2, 0) is 12.8 Å². The Morgan fingerprint density at radius 1 is 1.36 bits per heavy atom. The fourth-order valence-electron chi connectivity index (χ4n) is 3.29. The first kappa shape index (κ1) is 18.6. The number of hydrogen-bond acceptors (Lipinski definition) is 5. The summed E-state index contributed by atoms with van der Waals surface area (Å²) in [7, 11) is 0. The summed E-state index contributed by atoms with van der Waals surface area (Å²) >= 11 is 1.66. The number of ether oxygens (including phenoxy) is 2. The molecule has 0 saturated carbocycles. The fraction of sp³-hybridized carbons (Fsp3) is 0.333. The van der Waals surface area contributed by atoms with Crippen LogP contribution in [0.4, 0.5) is 10.5 Å². The molecule has 28 heavy (non-hydrogen) atoms. The van der Waals surface area contributed by atoms with E-state index in [-0.39, 0.29) is 12.1 Å². The number of carbonyl (C=O) groups excluding carboxylic acids is 1. The zero-order valence-electron chi connectivity index (χ0n) is 16.0. The van der Waals surface area contributed by atoms with Crippen molar-refractivity contribution in [2.45, 2.75) is 32.8 Å². The minimum Gasteiger partial charge on any atom is -0.492 e. The Morgan fingerprint density at radius 2 is 2.21 bits per heavy atom. The van der Waals surface area contributed by atoms with Crippen LogP contribution in [0.1, 0.15) is 24.4 Å². The quantitative estimate of drug-likeness (QED) is 0.647. The second-order valence-electron chi connectivity index (χ2n) is 6.73. The number of para-hydroxylation sites is 1. The summed E-state index contributed by atoms with van der Waals surface area (Å²) in [6, 6.07) is 11.6. The van der Waals surface area contributed by atoms with Gasteiger partial charge in [-0.2, -0.15) is 0 Å². The van der Waals surface area contributed by atoms with E-state index in [0.29, 0.717) is 31.0 Å². The molecule has 1 aliphatic rings. The lowest BCUT2D eigenvalue weighted by atomic mass is 10.1. The number of carbonyl (C=O) groups is 1. The SMILES string of the molecule is CCOc1cc2c(cc1NC(=O)NCCc1nc3ccccc3s1)OC(C)C2. The number of rotatable bonds is 6. The molecule has 1 aromatic heterocycles. The van der Waals surface area contributed by atoms with Crippen LogP contribution in [0.5, 0.6) is 11.5 Å². The van der Waals surface area contributed by atoms with Crippen molar-refractivity contribution in [2.24, 2.45) is 0 Å². The number of hydrogen-bond donors (Lipinski definition) is 2. The van der Waals surface area contributed by atoms with Gasteiger partial charge >= 0.3 is 6.03 Å². The fourth-order valence-corrected chi connectivity index (χ4v) is 4.26. The molecule has 2 amide bonds. The van der Waals surface area contributed by atoms with Crippen molar-refractivity contribution in [3.8, 4) is 11.5 Å². The molecule has 0 aliphatic carbocycles. The zero-order chi connectivity index (χ0) is 19.5. The van der Waals surface area contributed by atoms with Crippen molar-refractivity contribution < 1.29 is 14.3 Å². The molecule has 0 bridgehead atoms. The van der Waals surface area contributed by atoms with Crippen molar-refractivity contribution >= 4 is 33.3 Å². The first-order chi connectivity index (χ1) is 13.6. The summed E-state index contributed by atoms with van der Waals surface area (Å²) in [6.07, 6.45) is 1.68. The predicted octanol–water partition coefficient (Wildman–Crippen LogP) is 4.38. The van der Waals surface area contributed by atoms with E-state index in [9.17, 15) is 4.79 Å². The van der Waals surface area contributed by atoms with Crippen LogP contribution in [0.3, 0.4) is 0 Å². The molecule has 0 fully saturated rings. The number of fused-ring (bicyclic) bond motifs is 2. The van der Waals surface area contributed by atoms with Crippen LogP contribution in [0.15, 0.2) is 36.4 Å². The zero-order valence-corrected chi connectivity index (χ0v) is 16.8. The number of thiazole rings is 1. The lowest BCUT2D eigenvalue weighted by Crippen LogP contribution is -2.30. The van der Waals surface area contributed by atoms with Gasteiger partial charge in [0.1, 0.15) is 17.6 Å². The Morgan fingerprint density at radius 3 is 3.04 bits per heavy atom. The molecule has 2 N–H and O–H groups in total. The highest BCUT2D eigenvalue weighted by Gasteiger charge is 2.22. The lowest BCUT2D eigenvalue weighted by molar-refractivity contribution is 0.252. The van der Waals surface area contributed by atoms with Gasteiger partial charge in [0.15, 0.2) is 0 Å². The van der Waals surface area contributed by atoms with Gasteiger partial charge in [0.05, 0.1) is 27.5 Å². The van der Waals surface area contributed by atoms with Crippen molar-refractivity contribution in [1.29, 1.82) is 0 Å². The van der Waals surface area contributed by atoms with E-state index in [4.69, 9.17) is 9.47 Å². The van der Waals surface area contributed by atoms with Crippen LogP contribution < -0.4 is 20.1 Å². The van der Waals surface area contributed by atoms with Crippen molar-refractivity contribution in [3.05, 3.63) is 47.0 Å². The van der Waals surface area contributed by atoms with Gasteiger partial charge < -0.3 is 20.1 Å². The maximum absolute atomic E-state index is 12.4. The van der Waals surface area contributed by atoms with Gasteiger partial charge in [-0.05, 0) is 32.0 Å². The average molecular weight is 398 g/mol. The van der Waals surface area contributed by atoms with E-state index in [0.717, 1.165) is 33.0 Å². The number of amides is 2. The standard InChI is InChI=1S/C21H23N3O3S/c1-3-26-18-11-14-10-13(2)27-17(14)12-16(18)24-21(25)22-9-8-20-23-15-6-4-5-7-19(15)28-20/h4-7,11-13H,3,8-10H2,1-2H3,(H2,22,24,25). The van der Waals surface area contributed by atoms with Gasteiger partial charge in [-0.1, -0.05) is 12.1 Å². The summed E-state index contributed by atoms with van der Waals surface area (Å²) < 4.78 is 12.7. The van der Waals surface area contributed by atoms with Gasteiger partial charge in [0.25, 0.3) is 0 Å². The molecule has 2 aromatic carbocycles. The average Bonchev–Trinajstić information content (AvgIpc) is 3.23. The third-order valence-electron chi connectivity index (χ3n) is 4.51. The largest absolute Gasteiger partial charge is 0.492 e. The smallest absolute Gasteiger partial charge is 0.319 e. The van der Waals surface area contributed by atoms with E-state index >= 15 is 0 Å². The van der Waals surface area contributed by atoms with Gasteiger partial charge in [-0.3, -0.25) is 0 Å². The Bertz CT molecular complexity index is 969. The van der Waals surface area contributed by atoms with E-state index in [1.165, 1.54) is 0 Å². The van der Waals surface area contributed by atoms with Crippen LogP contribution in [0, 0.1) is 0 Å². The summed E-state index contributed by atoms with van der Waals surface area (Å²) in [4.78, 5) is 16.9. The molecule has 4 rings (SSSR count). The second-order valence-corrected chi connectivity index (χ2v) is 7.84. The van der Waals surface area contributed by atoms with Gasteiger partial charge in [-0.15, -0.1) is 11.3 Å². The molecular weight excluding hydrogens is 374 g/mol. The van der Waals surface area contributed by atoms with Crippen LogP contribution in [-0.4, -0.2) is 30.3 Å². The number of nitrogens with zero attached hydrogens (tertiary/aromatic N) is 1. The Balaban J connectivity index is 1.37. The van der Waals surface area contributed by atoms with Crippen LogP contribution in [0.25, 0.3) is 10.2 Å². The summed E-state index contributed by atoms with van der Waals surface area (Å²) in [5.41, 5.74) is 2.73. The Kier molecular flexibility index (Phi) is 5.34. The maximum Gasteiger partial charge on any atom is 0.319 e. The highest BCUT2D eigenvalue weighted by atomic mass is 32.1. The maximum atomic E-state index is 12.4. The minimum absolute atomic E-state index is 0.141. The number of benzene rings is 2. The van der Waals surface area contributed by atoms with Crippen molar-refractivity contribution in [1.82, 2.24) is 10.3 Å². The minimum atomic E-state index is -0.270. The summed E-state index contributed by atoms with van der Waals surface area (Å²) in [5.74, 6) is 1.47. The molecule has 146 valence electrons. The summed E-state index contributed by atoms with van der Waals surface area (Å²) in [5, 5.41) is 6.78. The number of anilines is 1. The van der Waals surface area contributed by atoms with Crippen molar-refractivity contribution in [2.75, 3.05) is 18.5 Å². The van der Waals surface area contributed by atoms with E-state index in [1.54, 1.807) is 11.3 Å². The third kappa shape index (κ3) is 4.04. The Labute approximate surface area is 167 Å². The van der Waals surface area contributed by atoms with Gasteiger partial charge in [0.2, 0.25) is 0 Å². The monoisotopic (exact) mass is 397 g/mol. The Hall–Kier alpha value is -2.80. The third-order valence-corrected chi connectivity index (χ3v) is 5.61. The highest BCUT2D eigenvalue weighted by Crippen LogP contribution is 2.38. The van der Waals surface area contributed by atoms with Gasteiger partial charge in [-0.25, -0.2) is 9.78 Å². The molecule has 1 atom stereocenters. The number of urea groups is 1. The highest BCUT2D eigenvalue weighted by molar-refractivity contribution is 7.18. The van der Waals surface area contributed by atoms with Crippen molar-refractivity contribution in [3.63, 3.8) is 0 Å². The molecule has 0 saturated heterocycles. The first-order valence-corrected chi connectivity index (χ1v) is 10.3. The van der Waals surface area contributed by atoms with Crippen LogP contribution in [0.2, 0.25) is 0 Å². The van der Waals surface area contributed by atoms with Crippen LogP contribution >= 0.6 is 11.3 Å².